The van der Waals surface area contributed by atoms with E-state index in [-0.39, 0.29) is 28.5 Å². The largest absolute Gasteiger partial charge is 0.484 e. The Morgan fingerprint density at radius 1 is 1.43 bits per heavy atom. The molecule has 2 aliphatic heterocycles. The van der Waals surface area contributed by atoms with Crippen molar-refractivity contribution in [2.24, 2.45) is 0 Å². The second-order valence-corrected chi connectivity index (χ2v) is 7.71. The molecule has 5 nitrogen and oxygen atoms in total. The highest BCUT2D eigenvalue weighted by atomic mass is 32.2. The minimum Gasteiger partial charge on any atom is -0.484 e. The molecule has 2 amide bonds. The normalized spacial score (nSPS) is 26.0. The molecule has 0 saturated carbocycles. The van der Waals surface area contributed by atoms with E-state index < -0.39 is 6.04 Å². The van der Waals surface area contributed by atoms with Gasteiger partial charge in [0.2, 0.25) is 5.91 Å². The summed E-state index contributed by atoms with van der Waals surface area (Å²) < 4.78 is 5.44. The summed E-state index contributed by atoms with van der Waals surface area (Å²) in [6, 6.07) is 8.74. The van der Waals surface area contributed by atoms with Crippen molar-refractivity contribution in [3.63, 3.8) is 0 Å². The number of nitrogens with zero attached hydrogens (tertiary/aromatic N) is 1. The Labute approximate surface area is 128 Å². The number of amides is 2. The third-order valence-corrected chi connectivity index (χ3v) is 5.10. The lowest BCUT2D eigenvalue weighted by Gasteiger charge is -2.41. The van der Waals surface area contributed by atoms with Crippen LogP contribution in [0, 0.1) is 0 Å². The first-order valence-corrected chi connectivity index (χ1v) is 7.80. The maximum atomic E-state index is 12.0. The van der Waals surface area contributed by atoms with E-state index in [2.05, 4.69) is 19.2 Å². The fourth-order valence-electron chi connectivity index (χ4n) is 2.61. The molecular weight excluding hydrogens is 288 g/mol. The van der Waals surface area contributed by atoms with Crippen molar-refractivity contribution >= 4 is 23.6 Å². The van der Waals surface area contributed by atoms with Crippen molar-refractivity contribution in [1.82, 2.24) is 10.2 Å². The monoisotopic (exact) mass is 306 g/mol. The van der Waals surface area contributed by atoms with E-state index >= 15 is 0 Å². The average Bonchev–Trinajstić information content (AvgIpc) is 2.76. The Morgan fingerprint density at radius 2 is 2.14 bits per heavy atom. The summed E-state index contributed by atoms with van der Waals surface area (Å²) in [5, 5.41) is 2.83. The molecule has 2 heterocycles. The van der Waals surface area contributed by atoms with Crippen LogP contribution in [0.2, 0.25) is 0 Å². The maximum absolute atomic E-state index is 12.0. The minimum atomic E-state index is -0.413. The lowest BCUT2D eigenvalue weighted by atomic mass is 10.1. The molecule has 3 rings (SSSR count). The van der Waals surface area contributed by atoms with E-state index in [0.29, 0.717) is 5.75 Å². The molecule has 2 saturated heterocycles. The van der Waals surface area contributed by atoms with Gasteiger partial charge in [-0.2, -0.15) is 0 Å². The van der Waals surface area contributed by atoms with E-state index in [9.17, 15) is 9.59 Å². The lowest BCUT2D eigenvalue weighted by Crippen LogP contribution is -2.67. The quantitative estimate of drug-likeness (QED) is 0.851. The first-order chi connectivity index (χ1) is 9.96. The fraction of sp³-hybridized carbons (Fsp3) is 0.467. The molecule has 2 aliphatic rings. The summed E-state index contributed by atoms with van der Waals surface area (Å²) in [5.41, 5.74) is 0. The van der Waals surface area contributed by atoms with Crippen molar-refractivity contribution in [2.45, 2.75) is 30.0 Å². The number of hydrogen-bond donors (Lipinski definition) is 1. The fourth-order valence-corrected chi connectivity index (χ4v) is 4.11. The first-order valence-electron chi connectivity index (χ1n) is 6.92. The number of thioether (sulfide) groups is 1. The topological polar surface area (TPSA) is 58.6 Å². The molecule has 0 aliphatic carbocycles. The average molecular weight is 306 g/mol. The molecule has 0 bridgehead atoms. The van der Waals surface area contributed by atoms with Gasteiger partial charge in [0.1, 0.15) is 17.2 Å². The second kappa shape index (κ2) is 5.26. The number of carbonyl (C=O) groups is 2. The Morgan fingerprint density at radius 3 is 2.86 bits per heavy atom. The van der Waals surface area contributed by atoms with E-state index in [4.69, 9.17) is 4.74 Å². The van der Waals surface area contributed by atoms with Crippen LogP contribution in [0.1, 0.15) is 13.8 Å². The van der Waals surface area contributed by atoms with Crippen LogP contribution >= 0.6 is 11.8 Å². The number of para-hydroxylation sites is 1. The Balaban J connectivity index is 1.51. The smallest absolute Gasteiger partial charge is 0.258 e. The van der Waals surface area contributed by atoms with Crippen molar-refractivity contribution in [1.29, 1.82) is 0 Å². The third-order valence-electron chi connectivity index (χ3n) is 3.56. The first kappa shape index (κ1) is 14.3. The predicted molar refractivity (Wildman–Crippen MR) is 81.0 cm³/mol. The number of hydrogen-bond acceptors (Lipinski definition) is 4. The highest BCUT2D eigenvalue weighted by Crippen LogP contribution is 2.46. The number of β-lactam (4-membered cyclic amide) rings is 1. The number of carbonyl (C=O) groups excluding carboxylic acids is 2. The summed E-state index contributed by atoms with van der Waals surface area (Å²) in [7, 11) is 0. The predicted octanol–water partition coefficient (Wildman–Crippen LogP) is 1.24. The number of fused-ring (bicyclic) bond motifs is 1. The lowest BCUT2D eigenvalue weighted by molar-refractivity contribution is -0.148. The molecule has 2 atom stereocenters. The van der Waals surface area contributed by atoms with Gasteiger partial charge in [0, 0.05) is 11.3 Å². The van der Waals surface area contributed by atoms with Crippen molar-refractivity contribution in [2.75, 3.05) is 13.2 Å². The zero-order valence-electron chi connectivity index (χ0n) is 12.0. The van der Waals surface area contributed by atoms with Gasteiger partial charge in [0.25, 0.3) is 5.91 Å². The number of nitrogens with one attached hydrogen (secondary N) is 1. The van der Waals surface area contributed by atoms with Crippen LogP contribution in [0.4, 0.5) is 0 Å². The summed E-state index contributed by atoms with van der Waals surface area (Å²) in [6.45, 7) is 4.89. The van der Waals surface area contributed by atoms with Crippen molar-refractivity contribution in [3.8, 4) is 5.75 Å². The van der Waals surface area contributed by atoms with Crippen LogP contribution in [0.3, 0.4) is 0 Å². The second-order valence-electron chi connectivity index (χ2n) is 5.88. The van der Waals surface area contributed by atoms with E-state index in [1.54, 1.807) is 23.9 Å². The van der Waals surface area contributed by atoms with Gasteiger partial charge >= 0.3 is 0 Å². The minimum absolute atomic E-state index is 0.00568. The highest BCUT2D eigenvalue weighted by Gasteiger charge is 2.56. The van der Waals surface area contributed by atoms with Crippen LogP contribution in [0.15, 0.2) is 30.3 Å². The molecule has 6 heteroatoms. The Hall–Kier alpha value is -1.69. The third kappa shape index (κ3) is 2.85. The number of ether oxygens (including phenoxy) is 1. The molecular formula is C15H18N2O3S. The van der Waals surface area contributed by atoms with E-state index in [1.165, 1.54) is 0 Å². The molecule has 1 unspecified atom stereocenters. The van der Waals surface area contributed by atoms with E-state index in [0.717, 1.165) is 6.54 Å². The zero-order chi connectivity index (χ0) is 15.0. The maximum Gasteiger partial charge on any atom is 0.258 e. The van der Waals surface area contributed by atoms with Gasteiger partial charge in [-0.05, 0) is 26.0 Å². The number of benzene rings is 1. The molecule has 21 heavy (non-hydrogen) atoms. The van der Waals surface area contributed by atoms with Gasteiger partial charge in [0.05, 0.1) is 0 Å². The van der Waals surface area contributed by atoms with Gasteiger partial charge < -0.3 is 15.0 Å². The van der Waals surface area contributed by atoms with E-state index in [1.807, 2.05) is 23.1 Å². The summed E-state index contributed by atoms with van der Waals surface area (Å²) in [5.74, 6) is 0.388. The van der Waals surface area contributed by atoms with Gasteiger partial charge in [0.15, 0.2) is 6.61 Å². The molecule has 112 valence electrons. The van der Waals surface area contributed by atoms with Crippen molar-refractivity contribution in [3.05, 3.63) is 30.3 Å². The van der Waals surface area contributed by atoms with Crippen LogP contribution in [0.5, 0.6) is 5.75 Å². The molecule has 0 spiro atoms. The zero-order valence-corrected chi connectivity index (χ0v) is 12.9. The molecule has 0 aromatic heterocycles. The highest BCUT2D eigenvalue weighted by molar-refractivity contribution is 8.01. The van der Waals surface area contributed by atoms with Gasteiger partial charge in [-0.15, -0.1) is 11.8 Å². The Bertz CT molecular complexity index is 561. The molecule has 0 radical (unpaired) electrons. The molecule has 2 fully saturated rings. The van der Waals surface area contributed by atoms with Gasteiger partial charge in [-0.25, -0.2) is 0 Å². The SMILES string of the molecule is CC1(C)CN2C(=O)[C@@H](NC(=O)COc3ccccc3)C2S1. The molecule has 1 N–H and O–H groups in total. The van der Waals surface area contributed by atoms with Gasteiger partial charge in [-0.3, -0.25) is 9.59 Å². The van der Waals surface area contributed by atoms with Crippen LogP contribution in [-0.4, -0.2) is 46.0 Å². The van der Waals surface area contributed by atoms with Gasteiger partial charge in [-0.1, -0.05) is 18.2 Å². The molecule has 1 aromatic carbocycles. The van der Waals surface area contributed by atoms with Crippen LogP contribution in [0.25, 0.3) is 0 Å². The molecule has 1 aromatic rings. The summed E-state index contributed by atoms with van der Waals surface area (Å²) in [6.07, 6.45) is 0. The standard InChI is InChI=1S/C15H18N2O3S/c1-15(2)9-17-13(19)12(14(17)21-15)16-11(18)8-20-10-6-4-3-5-7-10/h3-7,12,14H,8-9H2,1-2H3,(H,16,18)/t12-,14?/m1/s1. The number of rotatable bonds is 4. The summed E-state index contributed by atoms with van der Waals surface area (Å²) >= 11 is 1.74. The van der Waals surface area contributed by atoms with Crippen LogP contribution in [-0.2, 0) is 9.59 Å². The van der Waals surface area contributed by atoms with Crippen LogP contribution < -0.4 is 10.1 Å². The Kier molecular flexibility index (Phi) is 3.57. The van der Waals surface area contributed by atoms with Crippen molar-refractivity contribution < 1.29 is 14.3 Å². The summed E-state index contributed by atoms with van der Waals surface area (Å²) in [4.78, 5) is 25.7.